The van der Waals surface area contributed by atoms with Gasteiger partial charge in [-0.3, -0.25) is 0 Å². The molecule has 1 unspecified atom stereocenters. The SMILES string of the molecule is [O]=[SbH]([F])[Cl]. The first-order valence-corrected chi connectivity index (χ1v) is 6.44. The van der Waals surface area contributed by atoms with Crippen molar-refractivity contribution in [2.45, 2.75) is 0 Å². The van der Waals surface area contributed by atoms with Crippen LogP contribution in [0.3, 0.4) is 0 Å². The Morgan fingerprint density at radius 3 is 2.00 bits per heavy atom. The van der Waals surface area contributed by atoms with Crippen LogP contribution < -0.4 is 0 Å². The Labute approximate surface area is 34.6 Å². The number of rotatable bonds is 0. The van der Waals surface area contributed by atoms with Gasteiger partial charge in [0.05, 0.1) is 0 Å². The molecule has 4 heteroatoms. The van der Waals surface area contributed by atoms with Crippen LogP contribution in [0.5, 0.6) is 0 Å². The minimum atomic E-state index is -3.82. The van der Waals surface area contributed by atoms with Gasteiger partial charge in [0.25, 0.3) is 0 Å². The fourth-order valence-corrected chi connectivity index (χ4v) is 0. The summed E-state index contributed by atoms with van der Waals surface area (Å²) in [5.74, 6) is 0. The molecule has 0 aliphatic heterocycles. The zero-order valence-corrected chi connectivity index (χ0v) is 5.27. The summed E-state index contributed by atoms with van der Waals surface area (Å²) in [7, 11) is 4.25. The van der Waals surface area contributed by atoms with Crippen LogP contribution in [0.4, 0.5) is 2.81 Å². The molecule has 0 fully saturated rings. The van der Waals surface area contributed by atoms with Gasteiger partial charge in [-0.25, -0.2) is 0 Å². The molecule has 0 aliphatic rings. The van der Waals surface area contributed by atoms with Crippen LogP contribution in [-0.4, -0.2) is 19.6 Å². The molecule has 0 aromatic heterocycles. The van der Waals surface area contributed by atoms with Crippen molar-refractivity contribution in [1.29, 1.82) is 0 Å². The first-order valence-electron chi connectivity index (χ1n) is 0.582. The summed E-state index contributed by atoms with van der Waals surface area (Å²) in [5.41, 5.74) is 0. The van der Waals surface area contributed by atoms with Gasteiger partial charge >= 0.3 is 34.3 Å². The third kappa shape index (κ3) is 13.7. The molecule has 0 spiro atoms. The molecule has 0 amide bonds. The van der Waals surface area contributed by atoms with Gasteiger partial charge in [0, 0.05) is 0 Å². The van der Waals surface area contributed by atoms with Crippen molar-refractivity contribution in [1.82, 2.24) is 0 Å². The molecule has 0 saturated carbocycles. The summed E-state index contributed by atoms with van der Waals surface area (Å²) < 4.78 is 19.2. The normalized spacial score (nSPS) is 15.5. The van der Waals surface area contributed by atoms with Crippen LogP contribution in [-0.2, 0) is 3.02 Å². The molecule has 0 aromatic carbocycles. The molecule has 4 heavy (non-hydrogen) atoms. The molecule has 0 bridgehead atoms. The Morgan fingerprint density at radius 2 is 2.00 bits per heavy atom. The van der Waals surface area contributed by atoms with E-state index in [1.54, 1.807) is 0 Å². The average molecular weight is 193 g/mol. The fourth-order valence-electron chi connectivity index (χ4n) is 0. The number of hydrogen-bond donors (Lipinski definition) is 0. The Bertz CT molecular complexity index is 31.0. The first-order chi connectivity index (χ1) is 1.73. The van der Waals surface area contributed by atoms with Crippen molar-refractivity contribution < 1.29 is 5.83 Å². The molecule has 0 aromatic rings. The van der Waals surface area contributed by atoms with Crippen molar-refractivity contribution in [2.24, 2.45) is 0 Å². The maximum atomic E-state index is 10.4. The third-order valence-electron chi connectivity index (χ3n) is 0. The summed E-state index contributed by atoms with van der Waals surface area (Å²) >= 11 is -3.82. The Kier molecular flexibility index (Phi) is 2.54. The van der Waals surface area contributed by atoms with E-state index in [0.717, 1.165) is 0 Å². The summed E-state index contributed by atoms with van der Waals surface area (Å²) in [6.45, 7) is 0. The third-order valence-corrected chi connectivity index (χ3v) is 0. The molecule has 26 valence electrons. The van der Waals surface area contributed by atoms with Crippen LogP contribution in [0, 0.1) is 0 Å². The van der Waals surface area contributed by atoms with Crippen LogP contribution in [0.1, 0.15) is 0 Å². The minimum absolute atomic E-state index is 3.82. The molecule has 0 radical (unpaired) electrons. The van der Waals surface area contributed by atoms with E-state index in [0.29, 0.717) is 0 Å². The maximum absolute atomic E-state index is 10.4. The van der Waals surface area contributed by atoms with Crippen molar-refractivity contribution in [3.63, 3.8) is 0 Å². The van der Waals surface area contributed by atoms with Crippen LogP contribution in [0.25, 0.3) is 0 Å². The van der Waals surface area contributed by atoms with Gasteiger partial charge in [-0.15, -0.1) is 0 Å². The van der Waals surface area contributed by atoms with Crippen molar-refractivity contribution in [3.8, 4) is 0 Å². The van der Waals surface area contributed by atoms with Gasteiger partial charge in [0.15, 0.2) is 0 Å². The predicted molar refractivity (Wildman–Crippen MR) is 14.8 cm³/mol. The monoisotopic (exact) mass is 192 g/mol. The molecular weight excluding hydrogens is 192 g/mol. The Hall–Kier alpha value is 0.838. The van der Waals surface area contributed by atoms with E-state index in [4.69, 9.17) is 3.02 Å². The molecule has 1 nitrogen and oxygen atoms in total. The van der Waals surface area contributed by atoms with E-state index in [2.05, 4.69) is 8.83 Å². The van der Waals surface area contributed by atoms with Gasteiger partial charge < -0.3 is 0 Å². The van der Waals surface area contributed by atoms with Crippen molar-refractivity contribution in [3.05, 3.63) is 0 Å². The predicted octanol–water partition coefficient (Wildman–Crippen LogP) is 0.342. The topological polar surface area (TPSA) is 17.1 Å². The van der Waals surface area contributed by atoms with Crippen molar-refractivity contribution >= 4 is 28.5 Å². The van der Waals surface area contributed by atoms with Crippen LogP contribution in [0.2, 0.25) is 0 Å². The molecule has 1 atom stereocenters. The zero-order valence-electron chi connectivity index (χ0n) is 1.66. The zero-order chi connectivity index (χ0) is 3.58. The summed E-state index contributed by atoms with van der Waals surface area (Å²) in [6.07, 6.45) is 0. The van der Waals surface area contributed by atoms with E-state index in [1.807, 2.05) is 0 Å². The second-order valence-corrected chi connectivity index (χ2v) is 3.51. The summed E-state index contributed by atoms with van der Waals surface area (Å²) in [6, 6.07) is 0. The average Bonchev–Trinajstić information content (AvgIpc) is 0.811. The van der Waals surface area contributed by atoms with Gasteiger partial charge in [-0.05, 0) is 0 Å². The second-order valence-electron chi connectivity index (χ2n) is 0.226. The summed E-state index contributed by atoms with van der Waals surface area (Å²) in [5, 5.41) is 0. The van der Waals surface area contributed by atoms with Crippen LogP contribution >= 0.6 is 8.83 Å². The van der Waals surface area contributed by atoms with Gasteiger partial charge in [-0.1, -0.05) is 0 Å². The first kappa shape index (κ1) is 4.84. The molecule has 0 N–H and O–H groups in total. The quantitative estimate of drug-likeness (QED) is 0.507. The fraction of sp³-hybridized carbons (Fsp3) is 0. The molecule has 0 rings (SSSR count). The molecule has 0 heterocycles. The van der Waals surface area contributed by atoms with Gasteiger partial charge in [-0.2, -0.15) is 0 Å². The standard InChI is InChI=1S/ClH.FH.O.Sb.H/h2*1H;;;/q;;;+2;/p-2. The van der Waals surface area contributed by atoms with E-state index in [-0.39, 0.29) is 0 Å². The van der Waals surface area contributed by atoms with E-state index in [9.17, 15) is 2.81 Å². The Balaban J connectivity index is 2.80. The Morgan fingerprint density at radius 1 is 2.00 bits per heavy atom. The number of hydrogen-bond acceptors (Lipinski definition) is 1. The molecular formula is HClFOSb. The van der Waals surface area contributed by atoms with Crippen molar-refractivity contribution in [2.75, 3.05) is 0 Å². The second kappa shape index (κ2) is 2.10. The van der Waals surface area contributed by atoms with E-state index < -0.39 is 19.6 Å². The molecule has 0 aliphatic carbocycles. The van der Waals surface area contributed by atoms with E-state index >= 15 is 0 Å². The van der Waals surface area contributed by atoms with E-state index in [1.165, 1.54) is 0 Å². The number of halogens is 2. The van der Waals surface area contributed by atoms with Gasteiger partial charge in [0.2, 0.25) is 0 Å². The molecule has 0 saturated heterocycles. The van der Waals surface area contributed by atoms with Gasteiger partial charge in [0.1, 0.15) is 0 Å². The summed E-state index contributed by atoms with van der Waals surface area (Å²) in [4.78, 5) is 0. The van der Waals surface area contributed by atoms with Crippen LogP contribution in [0.15, 0.2) is 0 Å².